The summed E-state index contributed by atoms with van der Waals surface area (Å²) in [6.45, 7) is 13.7. The average Bonchev–Trinajstić information content (AvgIpc) is 2.60. The Morgan fingerprint density at radius 1 is 0.682 bits per heavy atom. The van der Waals surface area contributed by atoms with Crippen LogP contribution >= 0.6 is 30.1 Å². The molecule has 22 heavy (non-hydrogen) atoms. The van der Waals surface area contributed by atoms with Gasteiger partial charge in [-0.25, -0.2) is 0 Å². The second kappa shape index (κ2) is 20.1. The Morgan fingerprint density at radius 3 is 1.14 bits per heavy atom. The molecule has 1 rings (SSSR count). The van der Waals surface area contributed by atoms with Crippen molar-refractivity contribution in [3.05, 3.63) is 30.3 Å². The van der Waals surface area contributed by atoms with E-state index in [1.807, 2.05) is 18.2 Å². The molecule has 0 saturated carbocycles. The van der Waals surface area contributed by atoms with E-state index in [0.29, 0.717) is 15.8 Å². The zero-order chi connectivity index (χ0) is 17.2. The van der Waals surface area contributed by atoms with Crippen LogP contribution in [0.25, 0.3) is 0 Å². The van der Waals surface area contributed by atoms with Crippen LogP contribution in [0.3, 0.4) is 0 Å². The Hall–Kier alpha value is 1.05. The number of hydrogen-bond donors (Lipinski definition) is 0. The number of rotatable bonds is 7. The van der Waals surface area contributed by atoms with E-state index < -0.39 is 0 Å². The van der Waals surface area contributed by atoms with E-state index in [1.165, 1.54) is 54.2 Å². The molecule has 4 heteroatoms. The molecular formula is C18H35BrNiP2. The van der Waals surface area contributed by atoms with Crippen LogP contribution in [0.15, 0.2) is 30.3 Å². The third kappa shape index (κ3) is 15.9. The van der Waals surface area contributed by atoms with E-state index in [2.05, 4.69) is 67.9 Å². The summed E-state index contributed by atoms with van der Waals surface area (Å²) in [6.07, 6.45) is 8.51. The molecule has 0 bridgehead atoms. The Labute approximate surface area is 155 Å². The maximum absolute atomic E-state index is 3.29. The Balaban J connectivity index is 0. The van der Waals surface area contributed by atoms with Gasteiger partial charge < -0.3 is 0 Å². The Kier molecular flexibility index (Phi) is 23.1. The van der Waals surface area contributed by atoms with Gasteiger partial charge in [-0.2, -0.15) is 0 Å². The molecule has 0 radical (unpaired) electrons. The zero-order valence-corrected chi connectivity index (χ0v) is 19.6. The summed E-state index contributed by atoms with van der Waals surface area (Å²) in [7, 11) is 0.892. The molecule has 0 aliphatic heterocycles. The molecule has 0 N–H and O–H groups in total. The van der Waals surface area contributed by atoms with Crippen molar-refractivity contribution in [1.82, 2.24) is 0 Å². The van der Waals surface area contributed by atoms with Gasteiger partial charge in [0.15, 0.2) is 0 Å². The summed E-state index contributed by atoms with van der Waals surface area (Å²) in [6, 6.07) is 10.2. The first kappa shape index (κ1) is 25.3. The second-order valence-corrected chi connectivity index (χ2v) is 12.8. The molecule has 0 spiro atoms. The van der Waals surface area contributed by atoms with E-state index in [1.54, 1.807) is 0 Å². The third-order valence-corrected chi connectivity index (χ3v) is 10.6. The van der Waals surface area contributed by atoms with Crippen LogP contribution in [0.2, 0.25) is 0 Å². The van der Waals surface area contributed by atoms with Crippen molar-refractivity contribution in [2.75, 3.05) is 37.0 Å². The van der Waals surface area contributed by atoms with Crippen molar-refractivity contribution in [3.8, 4) is 0 Å². The summed E-state index contributed by atoms with van der Waals surface area (Å²) in [4.78, 5) is 0. The summed E-state index contributed by atoms with van der Waals surface area (Å²) in [5.74, 6) is 0. The monoisotopic (exact) mass is 450 g/mol. The summed E-state index contributed by atoms with van der Waals surface area (Å²) >= 11 is 4.72. The maximum atomic E-state index is 3.29. The summed E-state index contributed by atoms with van der Waals surface area (Å²) in [5.41, 5.74) is 0. The first-order valence-electron chi connectivity index (χ1n) is 8.33. The molecule has 0 saturated heterocycles. The van der Waals surface area contributed by atoms with Gasteiger partial charge in [0.1, 0.15) is 0 Å². The summed E-state index contributed by atoms with van der Waals surface area (Å²) in [5, 5.41) is 0. The number of hydrogen-bond acceptors (Lipinski definition) is 0. The summed E-state index contributed by atoms with van der Waals surface area (Å²) < 4.78 is 1.26. The normalized spacial score (nSPS) is 10.0. The van der Waals surface area contributed by atoms with Gasteiger partial charge in [0, 0.05) is 0 Å². The SMILES string of the molecule is CCP(CC)CC.CCP(CC)CC.[Br][Ni][c]1ccccc1. The average molecular weight is 452 g/mol. The third-order valence-electron chi connectivity index (χ3n) is 3.46. The fraction of sp³-hybridized carbons (Fsp3) is 0.667. The molecule has 0 amide bonds. The van der Waals surface area contributed by atoms with Crippen molar-refractivity contribution in [3.63, 3.8) is 0 Å². The molecule has 0 aromatic heterocycles. The molecule has 0 nitrogen and oxygen atoms in total. The van der Waals surface area contributed by atoms with E-state index in [4.69, 9.17) is 0 Å². The predicted octanol–water partition coefficient (Wildman–Crippen LogP) is 6.76. The van der Waals surface area contributed by atoms with Crippen molar-refractivity contribution >= 4 is 34.6 Å². The van der Waals surface area contributed by atoms with Gasteiger partial charge in [-0.05, 0) is 37.0 Å². The van der Waals surface area contributed by atoms with Crippen LogP contribution < -0.4 is 4.53 Å². The van der Waals surface area contributed by atoms with Gasteiger partial charge >= 0.3 is 61.8 Å². The van der Waals surface area contributed by atoms with Gasteiger partial charge in [-0.15, -0.1) is 15.8 Å². The van der Waals surface area contributed by atoms with E-state index >= 15 is 0 Å². The second-order valence-electron chi connectivity index (χ2n) is 4.56. The molecule has 134 valence electrons. The van der Waals surface area contributed by atoms with Gasteiger partial charge in [0.25, 0.3) is 0 Å². The zero-order valence-electron chi connectivity index (χ0n) is 15.2. The molecule has 0 aliphatic carbocycles. The Bertz CT molecular complexity index is 278. The minimum absolute atomic E-state index is 0.446. The van der Waals surface area contributed by atoms with Crippen molar-refractivity contribution in [1.29, 1.82) is 0 Å². The van der Waals surface area contributed by atoms with Crippen LogP contribution in [-0.2, 0) is 12.7 Å². The van der Waals surface area contributed by atoms with Crippen LogP contribution in [0.5, 0.6) is 0 Å². The van der Waals surface area contributed by atoms with Crippen molar-refractivity contribution in [2.24, 2.45) is 0 Å². The number of halogens is 1. The topological polar surface area (TPSA) is 0 Å². The van der Waals surface area contributed by atoms with Crippen molar-refractivity contribution in [2.45, 2.75) is 41.5 Å². The molecule has 0 atom stereocenters. The standard InChI is InChI=1S/2C6H15P.C6H5.BrH.Ni/c2*1-4-7(5-2)6-3;1-2-4-6-5-3-1;;/h2*4-6H2,1-3H3;1-5H;1H;/q;;;;+1/p-1. The molecule has 0 fully saturated rings. The van der Waals surface area contributed by atoms with Crippen LogP contribution in [0.1, 0.15) is 41.5 Å². The van der Waals surface area contributed by atoms with E-state index in [9.17, 15) is 0 Å². The van der Waals surface area contributed by atoms with Crippen LogP contribution in [0.4, 0.5) is 0 Å². The number of benzene rings is 1. The molecular weight excluding hydrogens is 417 g/mol. The fourth-order valence-corrected chi connectivity index (χ4v) is 5.47. The van der Waals surface area contributed by atoms with Crippen molar-refractivity contribution < 1.29 is 12.7 Å². The molecule has 1 aromatic rings. The van der Waals surface area contributed by atoms with Crippen LogP contribution in [-0.4, -0.2) is 37.0 Å². The molecule has 0 aliphatic rings. The quantitative estimate of drug-likeness (QED) is 0.317. The van der Waals surface area contributed by atoms with E-state index in [0.717, 1.165) is 0 Å². The van der Waals surface area contributed by atoms with Gasteiger partial charge in [0.2, 0.25) is 0 Å². The minimum atomic E-state index is 0.446. The molecule has 0 unspecified atom stereocenters. The van der Waals surface area contributed by atoms with Gasteiger partial charge in [-0.3, -0.25) is 0 Å². The predicted molar refractivity (Wildman–Crippen MR) is 112 cm³/mol. The fourth-order valence-electron chi connectivity index (χ4n) is 1.78. The van der Waals surface area contributed by atoms with E-state index in [-0.39, 0.29) is 0 Å². The first-order valence-corrected chi connectivity index (χ1v) is 15.1. The molecule has 1 aromatic carbocycles. The molecule has 0 heterocycles. The van der Waals surface area contributed by atoms with Gasteiger partial charge in [0.05, 0.1) is 0 Å². The van der Waals surface area contributed by atoms with Gasteiger partial charge in [-0.1, -0.05) is 41.5 Å². The van der Waals surface area contributed by atoms with Crippen LogP contribution in [0, 0.1) is 0 Å². The Morgan fingerprint density at radius 2 is 1.00 bits per heavy atom. The first-order chi connectivity index (χ1) is 10.6.